The molecule has 0 amide bonds. The second-order valence-corrected chi connectivity index (χ2v) is 5.96. The number of pyridine rings is 1. The van der Waals surface area contributed by atoms with E-state index in [4.69, 9.17) is 10.00 Å². The van der Waals surface area contributed by atoms with E-state index in [-0.39, 0.29) is 5.82 Å². The van der Waals surface area contributed by atoms with E-state index in [0.29, 0.717) is 25.2 Å². The summed E-state index contributed by atoms with van der Waals surface area (Å²) >= 11 is 0. The second-order valence-electron chi connectivity index (χ2n) is 5.96. The van der Waals surface area contributed by atoms with Crippen molar-refractivity contribution < 1.29 is 9.13 Å². The first-order valence-electron chi connectivity index (χ1n) is 8.28. The Morgan fingerprint density at radius 1 is 1.33 bits per heavy atom. The zero-order valence-corrected chi connectivity index (χ0v) is 13.7. The summed E-state index contributed by atoms with van der Waals surface area (Å²) in [5.74, 6) is -0.319. The van der Waals surface area contributed by atoms with Crippen LogP contribution in [0.5, 0.6) is 0 Å². The predicted octanol–water partition coefficient (Wildman–Crippen LogP) is 1.52. The van der Waals surface area contributed by atoms with Gasteiger partial charge in [0.1, 0.15) is 0 Å². The van der Waals surface area contributed by atoms with Crippen molar-refractivity contribution in [2.75, 3.05) is 45.9 Å². The van der Waals surface area contributed by atoms with E-state index >= 15 is 0 Å². The van der Waals surface area contributed by atoms with E-state index < -0.39 is 0 Å². The fraction of sp³-hybridized carbons (Fsp3) is 0.529. The van der Waals surface area contributed by atoms with Gasteiger partial charge in [-0.1, -0.05) is 0 Å². The molecule has 0 atom stereocenters. The van der Waals surface area contributed by atoms with Crippen LogP contribution in [0.4, 0.5) is 4.39 Å². The lowest BCUT2D eigenvalue weighted by Crippen LogP contribution is -2.41. The summed E-state index contributed by atoms with van der Waals surface area (Å²) < 4.78 is 20.8. The lowest BCUT2D eigenvalue weighted by Gasteiger charge is -2.29. The van der Waals surface area contributed by atoms with Crippen LogP contribution < -0.4 is 0 Å². The molecule has 3 rings (SSSR count). The highest BCUT2D eigenvalue weighted by molar-refractivity contribution is 5.41. The molecule has 2 aromatic heterocycles. The van der Waals surface area contributed by atoms with Crippen molar-refractivity contribution in [1.82, 2.24) is 19.2 Å². The number of aromatic nitrogens is 2. The van der Waals surface area contributed by atoms with E-state index in [0.717, 1.165) is 45.1 Å². The van der Waals surface area contributed by atoms with Gasteiger partial charge in [0.15, 0.2) is 11.5 Å². The highest BCUT2D eigenvalue weighted by Crippen LogP contribution is 2.11. The third-order valence-electron chi connectivity index (χ3n) is 4.25. The van der Waals surface area contributed by atoms with Crippen LogP contribution >= 0.6 is 0 Å². The van der Waals surface area contributed by atoms with Crippen LogP contribution in [-0.2, 0) is 11.3 Å². The first-order chi connectivity index (χ1) is 11.8. The summed E-state index contributed by atoms with van der Waals surface area (Å²) in [6, 6.07) is 5.28. The molecular weight excluding hydrogens is 309 g/mol. The quantitative estimate of drug-likeness (QED) is 0.770. The third-order valence-corrected chi connectivity index (χ3v) is 4.25. The molecule has 1 saturated heterocycles. The minimum Gasteiger partial charge on any atom is -0.379 e. The molecule has 24 heavy (non-hydrogen) atoms. The molecular formula is C17H22FN5O. The average Bonchev–Trinajstić information content (AvgIpc) is 3.02. The molecule has 128 valence electrons. The van der Waals surface area contributed by atoms with E-state index in [2.05, 4.69) is 20.9 Å². The molecule has 0 aliphatic carbocycles. The standard InChI is InChI=1S/C17H22FN5O/c18-16-3-1-6-23-14-15(20-17(16)23)13-22(5-2-4-19)8-7-21-9-11-24-12-10-21/h1,3,6,14H,2,5,7-13H2. The summed E-state index contributed by atoms with van der Waals surface area (Å²) in [6.45, 7) is 6.57. The third kappa shape index (κ3) is 4.29. The number of rotatable bonds is 7. The Morgan fingerprint density at radius 2 is 2.17 bits per heavy atom. The van der Waals surface area contributed by atoms with Crippen LogP contribution in [0.3, 0.4) is 0 Å². The molecule has 0 spiro atoms. The van der Waals surface area contributed by atoms with E-state index in [1.54, 1.807) is 16.7 Å². The Hall–Kier alpha value is -2.01. The van der Waals surface area contributed by atoms with E-state index in [9.17, 15) is 4.39 Å². The molecule has 0 radical (unpaired) electrons. The van der Waals surface area contributed by atoms with Gasteiger partial charge in [0.2, 0.25) is 0 Å². The number of ether oxygens (including phenoxy) is 1. The second kappa shape index (κ2) is 8.20. The normalized spacial score (nSPS) is 15.9. The van der Waals surface area contributed by atoms with Gasteiger partial charge in [-0.25, -0.2) is 9.37 Å². The Morgan fingerprint density at radius 3 is 2.92 bits per heavy atom. The van der Waals surface area contributed by atoms with Crippen LogP contribution in [-0.4, -0.2) is 65.1 Å². The number of hydrogen-bond donors (Lipinski definition) is 0. The van der Waals surface area contributed by atoms with Crippen molar-refractivity contribution in [3.63, 3.8) is 0 Å². The van der Waals surface area contributed by atoms with Crippen LogP contribution in [0.1, 0.15) is 12.1 Å². The minimum atomic E-state index is -0.319. The molecule has 1 fully saturated rings. The van der Waals surface area contributed by atoms with Crippen molar-refractivity contribution in [1.29, 1.82) is 5.26 Å². The topological polar surface area (TPSA) is 56.8 Å². The molecule has 2 aromatic rings. The number of hydrogen-bond acceptors (Lipinski definition) is 5. The predicted molar refractivity (Wildman–Crippen MR) is 87.9 cm³/mol. The van der Waals surface area contributed by atoms with Crippen molar-refractivity contribution in [3.8, 4) is 6.07 Å². The number of nitriles is 1. The number of halogens is 1. The van der Waals surface area contributed by atoms with Gasteiger partial charge in [0.25, 0.3) is 0 Å². The largest absolute Gasteiger partial charge is 0.379 e. The number of fused-ring (bicyclic) bond motifs is 1. The van der Waals surface area contributed by atoms with Crippen molar-refractivity contribution in [3.05, 3.63) is 36.0 Å². The van der Waals surface area contributed by atoms with Gasteiger partial charge in [0, 0.05) is 58.1 Å². The van der Waals surface area contributed by atoms with Crippen molar-refractivity contribution in [2.45, 2.75) is 13.0 Å². The van der Waals surface area contributed by atoms with E-state index in [1.165, 1.54) is 6.07 Å². The van der Waals surface area contributed by atoms with Gasteiger partial charge in [-0.05, 0) is 12.1 Å². The molecule has 1 aliphatic rings. The number of nitrogens with zero attached hydrogens (tertiary/aromatic N) is 5. The fourth-order valence-electron chi connectivity index (χ4n) is 2.92. The molecule has 1 aliphatic heterocycles. The maximum absolute atomic E-state index is 13.8. The van der Waals surface area contributed by atoms with Crippen molar-refractivity contribution in [2.24, 2.45) is 0 Å². The molecule has 0 aromatic carbocycles. The molecule has 0 bridgehead atoms. The molecule has 7 heteroatoms. The summed E-state index contributed by atoms with van der Waals surface area (Å²) in [4.78, 5) is 8.96. The molecule has 0 saturated carbocycles. The number of morpholine rings is 1. The summed E-state index contributed by atoms with van der Waals surface area (Å²) in [7, 11) is 0. The maximum atomic E-state index is 13.8. The molecule has 3 heterocycles. The van der Waals surface area contributed by atoms with Crippen LogP contribution in [0.25, 0.3) is 5.65 Å². The fourth-order valence-corrected chi connectivity index (χ4v) is 2.92. The zero-order valence-electron chi connectivity index (χ0n) is 13.7. The Kier molecular flexibility index (Phi) is 5.75. The van der Waals surface area contributed by atoms with Gasteiger partial charge in [-0.2, -0.15) is 5.26 Å². The highest BCUT2D eigenvalue weighted by Gasteiger charge is 2.14. The number of imidazole rings is 1. The minimum absolute atomic E-state index is 0.319. The first kappa shape index (κ1) is 16.8. The average molecular weight is 331 g/mol. The lowest BCUT2D eigenvalue weighted by atomic mass is 10.3. The van der Waals surface area contributed by atoms with Gasteiger partial charge in [-0.15, -0.1) is 0 Å². The summed E-state index contributed by atoms with van der Waals surface area (Å²) in [5.41, 5.74) is 1.17. The van der Waals surface area contributed by atoms with Gasteiger partial charge in [-0.3, -0.25) is 9.80 Å². The molecule has 6 nitrogen and oxygen atoms in total. The van der Waals surface area contributed by atoms with Crippen molar-refractivity contribution >= 4 is 5.65 Å². The SMILES string of the molecule is N#CCCN(CCN1CCOCC1)Cc1cn2cccc(F)c2n1. The van der Waals surface area contributed by atoms with Gasteiger partial charge in [0.05, 0.1) is 25.0 Å². The smallest absolute Gasteiger partial charge is 0.173 e. The van der Waals surface area contributed by atoms with Gasteiger partial charge < -0.3 is 9.14 Å². The first-order valence-corrected chi connectivity index (χ1v) is 8.28. The van der Waals surface area contributed by atoms with Crippen LogP contribution in [0.2, 0.25) is 0 Å². The maximum Gasteiger partial charge on any atom is 0.173 e. The lowest BCUT2D eigenvalue weighted by molar-refractivity contribution is 0.0330. The summed E-state index contributed by atoms with van der Waals surface area (Å²) in [6.07, 6.45) is 4.12. The molecule has 0 N–H and O–H groups in total. The summed E-state index contributed by atoms with van der Waals surface area (Å²) in [5, 5.41) is 8.88. The monoisotopic (exact) mass is 331 g/mol. The highest BCUT2D eigenvalue weighted by atomic mass is 19.1. The van der Waals surface area contributed by atoms with E-state index in [1.807, 2.05) is 6.20 Å². The zero-order chi connectivity index (χ0) is 16.8. The van der Waals surface area contributed by atoms with Gasteiger partial charge >= 0.3 is 0 Å². The Bertz CT molecular complexity index is 705. The Labute approximate surface area is 141 Å². The molecule has 0 unspecified atom stereocenters. The Balaban J connectivity index is 1.63. The van der Waals surface area contributed by atoms with Crippen LogP contribution in [0.15, 0.2) is 24.5 Å². The van der Waals surface area contributed by atoms with Crippen LogP contribution in [0, 0.1) is 17.1 Å².